The molecule has 9 heavy (non-hydrogen) atoms. The van der Waals surface area contributed by atoms with Crippen molar-refractivity contribution in [3.05, 3.63) is 36.4 Å². The van der Waals surface area contributed by atoms with Gasteiger partial charge in [0.25, 0.3) is 0 Å². The van der Waals surface area contributed by atoms with E-state index < -0.39 is 0 Å². The molecule has 0 saturated heterocycles. The molecule has 0 heterocycles. The Hall–Kier alpha value is -0.755. The molecule has 47 valence electrons. The van der Waals surface area contributed by atoms with Gasteiger partial charge in [-0.05, 0) is 7.05 Å². The lowest BCUT2D eigenvalue weighted by Crippen LogP contribution is -1.69. The summed E-state index contributed by atoms with van der Waals surface area (Å²) in [6.07, 6.45) is 0. The van der Waals surface area contributed by atoms with Crippen LogP contribution in [0, 0.1) is 0 Å². The van der Waals surface area contributed by atoms with Crippen molar-refractivity contribution in [1.29, 1.82) is 0 Å². The molecule has 0 aliphatic carbocycles. The van der Waals surface area contributed by atoms with Gasteiger partial charge in [0.1, 0.15) is 0 Å². The van der Waals surface area contributed by atoms with Crippen LogP contribution >= 0.6 is 0 Å². The third kappa shape index (κ3) is 7.24. The van der Waals surface area contributed by atoms with E-state index in [1.807, 2.05) is 36.4 Å². The number of nitrogens with two attached hydrogens (primary N) is 1. The average molecular weight is 120 g/mol. The lowest BCUT2D eigenvalue weighted by Gasteiger charge is -1.69. The summed E-state index contributed by atoms with van der Waals surface area (Å²) in [5.41, 5.74) is 4.50. The van der Waals surface area contributed by atoms with E-state index in [1.165, 1.54) is 7.05 Å². The van der Waals surface area contributed by atoms with Crippen molar-refractivity contribution in [3.63, 3.8) is 0 Å². The second kappa shape index (κ2) is 10.3. The SMILES string of the molecule is CN.[B].c1ccccc1. The predicted molar refractivity (Wildman–Crippen MR) is 42.3 cm³/mol. The van der Waals surface area contributed by atoms with E-state index in [0.29, 0.717) is 0 Å². The van der Waals surface area contributed by atoms with Crippen LogP contribution in [-0.2, 0) is 0 Å². The quantitative estimate of drug-likeness (QED) is 0.505. The normalized spacial score (nSPS) is 6.00. The third-order valence-corrected chi connectivity index (χ3v) is 0.667. The molecular formula is C7H11BN. The summed E-state index contributed by atoms with van der Waals surface area (Å²) in [5.74, 6) is 0. The molecule has 0 saturated carbocycles. The van der Waals surface area contributed by atoms with Crippen molar-refractivity contribution in [3.8, 4) is 0 Å². The van der Waals surface area contributed by atoms with Crippen molar-refractivity contribution in [2.45, 2.75) is 0 Å². The van der Waals surface area contributed by atoms with Gasteiger partial charge in [-0.15, -0.1) is 0 Å². The number of hydrogen-bond donors (Lipinski definition) is 1. The topological polar surface area (TPSA) is 26.0 Å². The molecule has 0 aromatic heterocycles. The molecule has 0 unspecified atom stereocenters. The molecule has 0 bridgehead atoms. The van der Waals surface area contributed by atoms with Crippen LogP contribution in [0.1, 0.15) is 0 Å². The second-order valence-electron chi connectivity index (χ2n) is 1.15. The van der Waals surface area contributed by atoms with Crippen LogP contribution in [0.4, 0.5) is 0 Å². The lowest BCUT2D eigenvalue weighted by molar-refractivity contribution is 1.48. The molecule has 0 aliphatic rings. The van der Waals surface area contributed by atoms with Crippen LogP contribution in [-0.4, -0.2) is 15.5 Å². The molecule has 0 fully saturated rings. The van der Waals surface area contributed by atoms with E-state index in [9.17, 15) is 0 Å². The van der Waals surface area contributed by atoms with Crippen LogP contribution in [0.5, 0.6) is 0 Å². The van der Waals surface area contributed by atoms with Gasteiger partial charge in [-0.3, -0.25) is 0 Å². The summed E-state index contributed by atoms with van der Waals surface area (Å²) >= 11 is 0. The van der Waals surface area contributed by atoms with Crippen LogP contribution in [0.2, 0.25) is 0 Å². The Balaban J connectivity index is 0. The Labute approximate surface area is 58.5 Å². The van der Waals surface area contributed by atoms with Crippen molar-refractivity contribution in [2.24, 2.45) is 5.73 Å². The molecule has 3 radical (unpaired) electrons. The number of benzene rings is 1. The minimum Gasteiger partial charge on any atom is -0.333 e. The van der Waals surface area contributed by atoms with Gasteiger partial charge < -0.3 is 5.73 Å². The highest BCUT2D eigenvalue weighted by Gasteiger charge is 1.57. The van der Waals surface area contributed by atoms with Crippen molar-refractivity contribution >= 4 is 8.41 Å². The van der Waals surface area contributed by atoms with E-state index in [4.69, 9.17) is 0 Å². The first kappa shape index (κ1) is 11.1. The maximum absolute atomic E-state index is 4.50. The standard InChI is InChI=1S/C6H6.CH5N.B/c1-2-4-6-5-3-1;1-2;/h1-6H;2H2,1H3;. The average Bonchev–Trinajstić information content (AvgIpc) is 1.96. The smallest absolute Gasteiger partial charge is 0 e. The Morgan fingerprint density at radius 2 is 0.778 bits per heavy atom. The molecule has 1 nitrogen and oxygen atoms in total. The first-order chi connectivity index (χ1) is 4.00. The summed E-state index contributed by atoms with van der Waals surface area (Å²) < 4.78 is 0. The highest BCUT2D eigenvalue weighted by Crippen LogP contribution is 1.79. The highest BCUT2D eigenvalue weighted by molar-refractivity contribution is 5.75. The molecule has 1 aromatic carbocycles. The molecular weight excluding hydrogens is 109 g/mol. The largest absolute Gasteiger partial charge is 0.333 e. The Morgan fingerprint density at radius 1 is 0.667 bits per heavy atom. The van der Waals surface area contributed by atoms with E-state index in [-0.39, 0.29) is 8.41 Å². The van der Waals surface area contributed by atoms with Gasteiger partial charge in [-0.25, -0.2) is 0 Å². The van der Waals surface area contributed by atoms with Crippen molar-refractivity contribution < 1.29 is 0 Å². The molecule has 2 N–H and O–H groups in total. The predicted octanol–water partition coefficient (Wildman–Crippen LogP) is 0.881. The van der Waals surface area contributed by atoms with Crippen molar-refractivity contribution in [1.82, 2.24) is 0 Å². The molecule has 0 atom stereocenters. The third-order valence-electron chi connectivity index (χ3n) is 0.667. The van der Waals surface area contributed by atoms with Crippen LogP contribution in [0.25, 0.3) is 0 Å². The highest BCUT2D eigenvalue weighted by atomic mass is 14.4. The Morgan fingerprint density at radius 3 is 0.889 bits per heavy atom. The van der Waals surface area contributed by atoms with Crippen LogP contribution < -0.4 is 5.73 Å². The van der Waals surface area contributed by atoms with E-state index in [2.05, 4.69) is 5.73 Å². The van der Waals surface area contributed by atoms with E-state index >= 15 is 0 Å². The van der Waals surface area contributed by atoms with Gasteiger partial charge in [0.05, 0.1) is 0 Å². The fraction of sp³-hybridized carbons (Fsp3) is 0.143. The molecule has 1 rings (SSSR count). The number of hydrogen-bond acceptors (Lipinski definition) is 1. The van der Waals surface area contributed by atoms with E-state index in [1.54, 1.807) is 0 Å². The zero-order valence-corrected chi connectivity index (χ0v) is 5.62. The Bertz CT molecular complexity index is 80.8. The molecule has 0 amide bonds. The van der Waals surface area contributed by atoms with Gasteiger partial charge in [-0.1, -0.05) is 36.4 Å². The minimum absolute atomic E-state index is 0. The Kier molecular flexibility index (Phi) is 12.7. The summed E-state index contributed by atoms with van der Waals surface area (Å²) in [7, 11) is 1.50. The number of rotatable bonds is 0. The van der Waals surface area contributed by atoms with Crippen LogP contribution in [0.3, 0.4) is 0 Å². The zero-order valence-electron chi connectivity index (χ0n) is 5.62. The van der Waals surface area contributed by atoms with Gasteiger partial charge in [-0.2, -0.15) is 0 Å². The molecule has 0 aliphatic heterocycles. The second-order valence-corrected chi connectivity index (χ2v) is 1.15. The maximum atomic E-state index is 4.50. The minimum atomic E-state index is 0. The summed E-state index contributed by atoms with van der Waals surface area (Å²) in [4.78, 5) is 0. The van der Waals surface area contributed by atoms with E-state index in [0.717, 1.165) is 0 Å². The maximum Gasteiger partial charge on any atom is 0 e. The summed E-state index contributed by atoms with van der Waals surface area (Å²) in [6.45, 7) is 0. The van der Waals surface area contributed by atoms with Gasteiger partial charge in [0, 0.05) is 8.41 Å². The zero-order chi connectivity index (χ0) is 6.24. The summed E-state index contributed by atoms with van der Waals surface area (Å²) in [5, 5.41) is 0. The lowest BCUT2D eigenvalue weighted by atomic mass is 10.4. The van der Waals surface area contributed by atoms with Gasteiger partial charge >= 0.3 is 0 Å². The van der Waals surface area contributed by atoms with Crippen molar-refractivity contribution in [2.75, 3.05) is 7.05 Å². The first-order valence-corrected chi connectivity index (χ1v) is 2.58. The molecule has 1 aromatic rings. The van der Waals surface area contributed by atoms with Gasteiger partial charge in [0.15, 0.2) is 0 Å². The van der Waals surface area contributed by atoms with Gasteiger partial charge in [0.2, 0.25) is 0 Å². The molecule has 0 spiro atoms. The van der Waals surface area contributed by atoms with Crippen LogP contribution in [0.15, 0.2) is 36.4 Å². The fourth-order valence-electron chi connectivity index (χ4n) is 0.385. The summed E-state index contributed by atoms with van der Waals surface area (Å²) in [6, 6.07) is 12.0. The monoisotopic (exact) mass is 120 g/mol. The fourth-order valence-corrected chi connectivity index (χ4v) is 0.385. The molecule has 2 heteroatoms. The first-order valence-electron chi connectivity index (χ1n) is 2.58.